The van der Waals surface area contributed by atoms with E-state index in [1.807, 2.05) is 12.1 Å². The van der Waals surface area contributed by atoms with E-state index < -0.39 is 0 Å². The van der Waals surface area contributed by atoms with E-state index in [1.54, 1.807) is 12.1 Å². The van der Waals surface area contributed by atoms with Gasteiger partial charge in [0.25, 0.3) is 0 Å². The third-order valence-electron chi connectivity index (χ3n) is 3.62. The number of hydrogen-bond acceptors (Lipinski definition) is 2. The molecular formula is C16H16FNO. The first kappa shape index (κ1) is 12.2. The van der Waals surface area contributed by atoms with Gasteiger partial charge in [0.05, 0.1) is 13.2 Å². The van der Waals surface area contributed by atoms with Gasteiger partial charge in [-0.1, -0.05) is 30.3 Å². The molecular weight excluding hydrogens is 241 g/mol. The van der Waals surface area contributed by atoms with E-state index in [2.05, 4.69) is 23.5 Å². The van der Waals surface area contributed by atoms with Crippen LogP contribution in [0.25, 0.3) is 0 Å². The zero-order valence-electron chi connectivity index (χ0n) is 10.8. The lowest BCUT2D eigenvalue weighted by Gasteiger charge is -2.27. The fourth-order valence-corrected chi connectivity index (χ4v) is 2.66. The van der Waals surface area contributed by atoms with Crippen molar-refractivity contribution in [3.05, 3.63) is 65.0 Å². The standard InChI is InChI=1S/C16H16FNO/c1-19-15-7-6-12(10-14(15)17)16-13-5-3-2-4-11(13)8-9-18-16/h2-7,10,16,18H,8-9H2,1H3. The first-order chi connectivity index (χ1) is 9.29. The summed E-state index contributed by atoms with van der Waals surface area (Å²) in [5.41, 5.74) is 3.51. The van der Waals surface area contributed by atoms with Crippen molar-refractivity contribution in [2.24, 2.45) is 0 Å². The van der Waals surface area contributed by atoms with Crippen LogP contribution in [-0.4, -0.2) is 13.7 Å². The minimum Gasteiger partial charge on any atom is -0.494 e. The molecule has 0 bridgehead atoms. The molecule has 0 aromatic heterocycles. The molecule has 98 valence electrons. The molecule has 0 fully saturated rings. The normalized spacial score (nSPS) is 17.9. The topological polar surface area (TPSA) is 21.3 Å². The van der Waals surface area contributed by atoms with E-state index in [-0.39, 0.29) is 17.6 Å². The molecule has 2 aromatic rings. The average Bonchev–Trinajstić information content (AvgIpc) is 2.46. The van der Waals surface area contributed by atoms with E-state index >= 15 is 0 Å². The Morgan fingerprint density at radius 2 is 2.05 bits per heavy atom. The SMILES string of the molecule is COc1ccc(C2NCCc3ccccc32)cc1F. The number of hydrogen-bond donors (Lipinski definition) is 1. The summed E-state index contributed by atoms with van der Waals surface area (Å²) in [4.78, 5) is 0. The van der Waals surface area contributed by atoms with Gasteiger partial charge in [-0.05, 0) is 35.2 Å². The first-order valence-electron chi connectivity index (χ1n) is 6.44. The molecule has 0 radical (unpaired) electrons. The maximum Gasteiger partial charge on any atom is 0.165 e. The average molecular weight is 257 g/mol. The van der Waals surface area contributed by atoms with E-state index in [0.717, 1.165) is 18.5 Å². The molecule has 2 aromatic carbocycles. The maximum absolute atomic E-state index is 13.8. The third-order valence-corrected chi connectivity index (χ3v) is 3.62. The lowest BCUT2D eigenvalue weighted by molar-refractivity contribution is 0.385. The Morgan fingerprint density at radius 3 is 2.84 bits per heavy atom. The number of rotatable bonds is 2. The van der Waals surface area contributed by atoms with Crippen LogP contribution in [0.1, 0.15) is 22.7 Å². The van der Waals surface area contributed by atoms with Crippen LogP contribution in [0.15, 0.2) is 42.5 Å². The Hall–Kier alpha value is -1.87. The fourth-order valence-electron chi connectivity index (χ4n) is 2.66. The zero-order valence-corrected chi connectivity index (χ0v) is 10.8. The van der Waals surface area contributed by atoms with Crippen molar-refractivity contribution in [3.63, 3.8) is 0 Å². The van der Waals surface area contributed by atoms with Crippen molar-refractivity contribution >= 4 is 0 Å². The lowest BCUT2D eigenvalue weighted by Crippen LogP contribution is -2.30. The van der Waals surface area contributed by atoms with Gasteiger partial charge in [-0.15, -0.1) is 0 Å². The van der Waals surface area contributed by atoms with Crippen molar-refractivity contribution in [1.29, 1.82) is 0 Å². The molecule has 0 amide bonds. The second-order valence-electron chi connectivity index (χ2n) is 4.73. The van der Waals surface area contributed by atoms with Crippen LogP contribution >= 0.6 is 0 Å². The van der Waals surface area contributed by atoms with Crippen LogP contribution in [0.5, 0.6) is 5.75 Å². The van der Waals surface area contributed by atoms with Crippen molar-refractivity contribution in [2.45, 2.75) is 12.5 Å². The molecule has 0 saturated heterocycles. The van der Waals surface area contributed by atoms with Gasteiger partial charge in [0.15, 0.2) is 11.6 Å². The third kappa shape index (κ3) is 2.22. The Kier molecular flexibility index (Phi) is 3.22. The Bertz CT molecular complexity index is 597. The highest BCUT2D eigenvalue weighted by Crippen LogP contribution is 2.30. The molecule has 3 heteroatoms. The highest BCUT2D eigenvalue weighted by molar-refractivity contribution is 5.41. The molecule has 1 aliphatic heterocycles. The molecule has 19 heavy (non-hydrogen) atoms. The predicted molar refractivity (Wildman–Crippen MR) is 72.9 cm³/mol. The van der Waals surface area contributed by atoms with Crippen molar-refractivity contribution in [2.75, 3.05) is 13.7 Å². The molecule has 1 heterocycles. The number of benzene rings is 2. The number of halogens is 1. The van der Waals surface area contributed by atoms with Crippen molar-refractivity contribution in [3.8, 4) is 5.75 Å². The van der Waals surface area contributed by atoms with Gasteiger partial charge < -0.3 is 10.1 Å². The van der Waals surface area contributed by atoms with Gasteiger partial charge >= 0.3 is 0 Å². The summed E-state index contributed by atoms with van der Waals surface area (Å²) >= 11 is 0. The summed E-state index contributed by atoms with van der Waals surface area (Å²) in [6.45, 7) is 0.912. The summed E-state index contributed by atoms with van der Waals surface area (Å²) in [7, 11) is 1.48. The minimum atomic E-state index is -0.315. The van der Waals surface area contributed by atoms with Crippen LogP contribution in [0.4, 0.5) is 4.39 Å². The maximum atomic E-state index is 13.8. The van der Waals surface area contributed by atoms with E-state index in [9.17, 15) is 4.39 Å². The highest BCUT2D eigenvalue weighted by atomic mass is 19.1. The summed E-state index contributed by atoms with van der Waals surface area (Å²) in [5.74, 6) is -0.0299. The Balaban J connectivity index is 2.02. The number of nitrogens with one attached hydrogen (secondary N) is 1. The van der Waals surface area contributed by atoms with E-state index in [0.29, 0.717) is 0 Å². The predicted octanol–water partition coefficient (Wildman–Crippen LogP) is 3.07. The monoisotopic (exact) mass is 257 g/mol. The van der Waals surface area contributed by atoms with Gasteiger partial charge in [-0.3, -0.25) is 0 Å². The molecule has 0 saturated carbocycles. The molecule has 1 aliphatic rings. The van der Waals surface area contributed by atoms with Crippen molar-refractivity contribution in [1.82, 2.24) is 5.32 Å². The minimum absolute atomic E-state index is 0.0605. The molecule has 1 atom stereocenters. The molecule has 1 N–H and O–H groups in total. The van der Waals surface area contributed by atoms with Crippen molar-refractivity contribution < 1.29 is 9.13 Å². The fraction of sp³-hybridized carbons (Fsp3) is 0.250. The Labute approximate surface area is 112 Å². The largest absolute Gasteiger partial charge is 0.494 e. The molecule has 1 unspecified atom stereocenters. The molecule has 3 rings (SSSR count). The number of fused-ring (bicyclic) bond motifs is 1. The van der Waals surface area contributed by atoms with Crippen LogP contribution in [0.3, 0.4) is 0 Å². The number of ether oxygens (including phenoxy) is 1. The summed E-state index contributed by atoms with van der Waals surface area (Å²) in [6.07, 6.45) is 1.02. The Morgan fingerprint density at radius 1 is 1.21 bits per heavy atom. The molecule has 0 aliphatic carbocycles. The van der Waals surface area contributed by atoms with Crippen LogP contribution < -0.4 is 10.1 Å². The van der Waals surface area contributed by atoms with Crippen LogP contribution in [0, 0.1) is 5.82 Å². The molecule has 2 nitrogen and oxygen atoms in total. The molecule has 0 spiro atoms. The summed E-state index contributed by atoms with van der Waals surface area (Å²) in [6, 6.07) is 13.5. The van der Waals surface area contributed by atoms with E-state index in [1.165, 1.54) is 18.2 Å². The van der Waals surface area contributed by atoms with Gasteiger partial charge in [0, 0.05) is 6.54 Å². The second-order valence-corrected chi connectivity index (χ2v) is 4.73. The number of methoxy groups -OCH3 is 1. The van der Waals surface area contributed by atoms with Gasteiger partial charge in [-0.25, -0.2) is 4.39 Å². The lowest BCUT2D eigenvalue weighted by atomic mass is 9.90. The summed E-state index contributed by atoms with van der Waals surface area (Å²) in [5, 5.41) is 3.45. The highest BCUT2D eigenvalue weighted by Gasteiger charge is 2.21. The van der Waals surface area contributed by atoms with Gasteiger partial charge in [-0.2, -0.15) is 0 Å². The van der Waals surface area contributed by atoms with E-state index in [4.69, 9.17) is 4.74 Å². The second kappa shape index (κ2) is 5.02. The van der Waals surface area contributed by atoms with Crippen LogP contribution in [0.2, 0.25) is 0 Å². The van der Waals surface area contributed by atoms with Gasteiger partial charge in [0.1, 0.15) is 0 Å². The van der Waals surface area contributed by atoms with Crippen LogP contribution in [-0.2, 0) is 6.42 Å². The summed E-state index contributed by atoms with van der Waals surface area (Å²) < 4.78 is 18.8. The zero-order chi connectivity index (χ0) is 13.2. The smallest absolute Gasteiger partial charge is 0.165 e. The first-order valence-corrected chi connectivity index (χ1v) is 6.44. The quantitative estimate of drug-likeness (QED) is 0.892. The van der Waals surface area contributed by atoms with Gasteiger partial charge in [0.2, 0.25) is 0 Å².